The van der Waals surface area contributed by atoms with Crippen LogP contribution in [0.4, 0.5) is 5.95 Å². The van der Waals surface area contributed by atoms with E-state index in [-0.39, 0.29) is 17.3 Å². The highest BCUT2D eigenvalue weighted by molar-refractivity contribution is 9.10. The van der Waals surface area contributed by atoms with Gasteiger partial charge in [0.1, 0.15) is 5.75 Å². The fourth-order valence-corrected chi connectivity index (χ4v) is 1.73. The molecule has 1 aromatic carbocycles. The zero-order valence-electron chi connectivity index (χ0n) is 10.3. The van der Waals surface area contributed by atoms with Gasteiger partial charge >= 0.3 is 0 Å². The number of halogens is 1. The van der Waals surface area contributed by atoms with Crippen LogP contribution in [-0.2, 0) is 0 Å². The molecule has 0 saturated heterocycles. The van der Waals surface area contributed by atoms with Gasteiger partial charge in [0.15, 0.2) is 0 Å². The second-order valence-electron chi connectivity index (χ2n) is 3.92. The minimum absolute atomic E-state index is 0.104. The first-order valence-electron chi connectivity index (χ1n) is 5.45. The van der Waals surface area contributed by atoms with Gasteiger partial charge < -0.3 is 5.11 Å². The van der Waals surface area contributed by atoms with E-state index in [0.717, 1.165) is 0 Å². The first-order chi connectivity index (χ1) is 8.97. The van der Waals surface area contributed by atoms with Crippen molar-refractivity contribution in [3.05, 3.63) is 39.6 Å². The lowest BCUT2D eigenvalue weighted by Crippen LogP contribution is -2.15. The Morgan fingerprint density at radius 1 is 1.26 bits per heavy atom. The van der Waals surface area contributed by atoms with Crippen molar-refractivity contribution in [2.75, 3.05) is 5.32 Å². The molecule has 1 aromatic heterocycles. The van der Waals surface area contributed by atoms with Gasteiger partial charge in [-0.2, -0.15) is 5.10 Å². The number of nitrogens with zero attached hydrogens (tertiary/aromatic N) is 3. The van der Waals surface area contributed by atoms with E-state index in [0.29, 0.717) is 15.9 Å². The van der Waals surface area contributed by atoms with E-state index in [1.54, 1.807) is 19.9 Å². The van der Waals surface area contributed by atoms with Gasteiger partial charge in [-0.1, -0.05) is 15.9 Å². The normalized spacial score (nSPS) is 10.3. The molecular formula is C12H11BrN4O2. The van der Waals surface area contributed by atoms with Crippen molar-refractivity contribution in [3.63, 3.8) is 0 Å². The van der Waals surface area contributed by atoms with Crippen LogP contribution in [0, 0.1) is 13.8 Å². The standard InChI is InChI=1S/C12H11BrN4O2/c1-6-7(2)16-17-12(14-6)15-11(19)9-5-8(13)3-4-10(9)18/h3-5,18H,1-2H3,(H,14,15,17,19). The molecule has 19 heavy (non-hydrogen) atoms. The lowest BCUT2D eigenvalue weighted by atomic mass is 10.2. The largest absolute Gasteiger partial charge is 0.507 e. The highest BCUT2D eigenvalue weighted by Crippen LogP contribution is 2.22. The minimum atomic E-state index is -0.496. The summed E-state index contributed by atoms with van der Waals surface area (Å²) in [5.41, 5.74) is 1.52. The minimum Gasteiger partial charge on any atom is -0.507 e. The average molecular weight is 323 g/mol. The maximum absolute atomic E-state index is 12.0. The molecule has 2 aromatic rings. The second kappa shape index (κ2) is 5.31. The number of nitrogens with one attached hydrogen (secondary N) is 1. The highest BCUT2D eigenvalue weighted by atomic mass is 79.9. The molecule has 0 saturated carbocycles. The van der Waals surface area contributed by atoms with Crippen molar-refractivity contribution in [1.29, 1.82) is 0 Å². The Hall–Kier alpha value is -2.02. The maximum Gasteiger partial charge on any atom is 0.261 e. The average Bonchev–Trinajstić information content (AvgIpc) is 2.36. The molecule has 0 aliphatic rings. The van der Waals surface area contributed by atoms with Gasteiger partial charge in [-0.15, -0.1) is 5.10 Å². The number of aromatic nitrogens is 3. The van der Waals surface area contributed by atoms with Gasteiger partial charge in [-0.3, -0.25) is 10.1 Å². The first kappa shape index (κ1) is 13.4. The summed E-state index contributed by atoms with van der Waals surface area (Å²) in [5.74, 6) is -0.506. The van der Waals surface area contributed by atoms with E-state index < -0.39 is 5.91 Å². The summed E-state index contributed by atoms with van der Waals surface area (Å²) >= 11 is 3.24. The van der Waals surface area contributed by atoms with Crippen LogP contribution in [0.2, 0.25) is 0 Å². The molecule has 0 unspecified atom stereocenters. The monoisotopic (exact) mass is 322 g/mol. The fraction of sp³-hybridized carbons (Fsp3) is 0.167. The molecule has 7 heteroatoms. The number of aromatic hydroxyl groups is 1. The van der Waals surface area contributed by atoms with Gasteiger partial charge in [-0.05, 0) is 32.0 Å². The molecule has 0 fully saturated rings. The molecule has 0 atom stereocenters. The molecule has 1 amide bonds. The quantitative estimate of drug-likeness (QED) is 0.885. The van der Waals surface area contributed by atoms with Crippen LogP contribution < -0.4 is 5.32 Å². The molecule has 1 heterocycles. The predicted octanol–water partition coefficient (Wildman–Crippen LogP) is 2.21. The number of rotatable bonds is 2. The summed E-state index contributed by atoms with van der Waals surface area (Å²) in [4.78, 5) is 16.1. The van der Waals surface area contributed by atoms with Crippen molar-refractivity contribution in [1.82, 2.24) is 15.2 Å². The molecular weight excluding hydrogens is 312 g/mol. The SMILES string of the molecule is Cc1nnc(NC(=O)c2cc(Br)ccc2O)nc1C. The van der Waals surface area contributed by atoms with Crippen molar-refractivity contribution in [2.24, 2.45) is 0 Å². The predicted molar refractivity (Wildman–Crippen MR) is 73.1 cm³/mol. The molecule has 0 spiro atoms. The molecule has 0 bridgehead atoms. The summed E-state index contributed by atoms with van der Waals surface area (Å²) in [6, 6.07) is 4.58. The van der Waals surface area contributed by atoms with Crippen molar-refractivity contribution >= 4 is 27.8 Å². The molecule has 0 aliphatic heterocycles. The topological polar surface area (TPSA) is 88.0 Å². The number of carbonyl (C=O) groups is 1. The molecule has 2 rings (SSSR count). The van der Waals surface area contributed by atoms with Crippen LogP contribution in [0.15, 0.2) is 22.7 Å². The van der Waals surface area contributed by atoms with Gasteiger partial charge in [0.05, 0.1) is 17.0 Å². The van der Waals surface area contributed by atoms with Crippen LogP contribution in [0.5, 0.6) is 5.75 Å². The number of phenols is 1. The van der Waals surface area contributed by atoms with Crippen molar-refractivity contribution in [2.45, 2.75) is 13.8 Å². The number of anilines is 1. The number of amides is 1. The summed E-state index contributed by atoms with van der Waals surface area (Å²) in [6.45, 7) is 3.55. The lowest BCUT2D eigenvalue weighted by molar-refractivity contribution is 0.102. The number of carbonyl (C=O) groups excluding carboxylic acids is 1. The van der Waals surface area contributed by atoms with Crippen molar-refractivity contribution < 1.29 is 9.90 Å². The van der Waals surface area contributed by atoms with E-state index in [9.17, 15) is 9.90 Å². The molecule has 2 N–H and O–H groups in total. The zero-order chi connectivity index (χ0) is 14.0. The fourth-order valence-electron chi connectivity index (χ4n) is 1.37. The number of hydrogen-bond acceptors (Lipinski definition) is 5. The van der Waals surface area contributed by atoms with Crippen LogP contribution in [0.1, 0.15) is 21.7 Å². The summed E-state index contributed by atoms with van der Waals surface area (Å²) in [5, 5.41) is 19.8. The van der Waals surface area contributed by atoms with Crippen LogP contribution in [-0.4, -0.2) is 26.2 Å². The Balaban J connectivity index is 2.25. The van der Waals surface area contributed by atoms with Gasteiger partial charge in [0, 0.05) is 4.47 Å². The summed E-state index contributed by atoms with van der Waals surface area (Å²) < 4.78 is 0.689. The van der Waals surface area contributed by atoms with E-state index in [1.807, 2.05) is 0 Å². The summed E-state index contributed by atoms with van der Waals surface area (Å²) in [7, 11) is 0. The number of hydrogen-bond donors (Lipinski definition) is 2. The molecule has 98 valence electrons. The lowest BCUT2D eigenvalue weighted by Gasteiger charge is -2.06. The van der Waals surface area contributed by atoms with Gasteiger partial charge in [-0.25, -0.2) is 4.98 Å². The highest BCUT2D eigenvalue weighted by Gasteiger charge is 2.13. The molecule has 0 aliphatic carbocycles. The Morgan fingerprint density at radius 2 is 2.00 bits per heavy atom. The molecule has 6 nitrogen and oxygen atoms in total. The van der Waals surface area contributed by atoms with Gasteiger partial charge in [0.2, 0.25) is 5.95 Å². The van der Waals surface area contributed by atoms with E-state index in [2.05, 4.69) is 36.4 Å². The number of aryl methyl sites for hydroxylation is 2. The van der Waals surface area contributed by atoms with Gasteiger partial charge in [0.25, 0.3) is 5.91 Å². The van der Waals surface area contributed by atoms with Crippen LogP contribution in [0.3, 0.4) is 0 Å². The maximum atomic E-state index is 12.0. The van der Waals surface area contributed by atoms with E-state index in [4.69, 9.17) is 0 Å². The second-order valence-corrected chi connectivity index (χ2v) is 4.84. The van der Waals surface area contributed by atoms with Crippen molar-refractivity contribution in [3.8, 4) is 5.75 Å². The zero-order valence-corrected chi connectivity index (χ0v) is 11.9. The molecule has 0 radical (unpaired) electrons. The summed E-state index contributed by atoms with van der Waals surface area (Å²) in [6.07, 6.45) is 0. The van der Waals surface area contributed by atoms with E-state index >= 15 is 0 Å². The number of benzene rings is 1. The smallest absolute Gasteiger partial charge is 0.261 e. The Morgan fingerprint density at radius 3 is 2.68 bits per heavy atom. The Kier molecular flexibility index (Phi) is 3.75. The number of phenolic OH excluding ortho intramolecular Hbond substituents is 1. The third-order valence-electron chi connectivity index (χ3n) is 2.52. The van der Waals surface area contributed by atoms with Crippen LogP contribution in [0.25, 0.3) is 0 Å². The Labute approximate surface area is 118 Å². The van der Waals surface area contributed by atoms with Crippen LogP contribution >= 0.6 is 15.9 Å². The third-order valence-corrected chi connectivity index (χ3v) is 3.01. The third kappa shape index (κ3) is 3.05. The first-order valence-corrected chi connectivity index (χ1v) is 6.24. The van der Waals surface area contributed by atoms with E-state index in [1.165, 1.54) is 12.1 Å². The Bertz CT molecular complexity index is 646.